The van der Waals surface area contributed by atoms with Gasteiger partial charge in [-0.15, -0.1) is 0 Å². The van der Waals surface area contributed by atoms with Crippen molar-refractivity contribution in [2.45, 2.75) is 82.2 Å². The summed E-state index contributed by atoms with van der Waals surface area (Å²) in [7, 11) is 0. The average Bonchev–Trinajstić information content (AvgIpc) is 2.84. The zero-order chi connectivity index (χ0) is 24.7. The van der Waals surface area contributed by atoms with Crippen molar-refractivity contribution < 1.29 is 4.79 Å². The van der Waals surface area contributed by atoms with E-state index in [9.17, 15) is 4.79 Å². The van der Waals surface area contributed by atoms with Crippen molar-refractivity contribution in [3.8, 4) is 0 Å². The molecule has 5 aliphatic carbocycles. The number of carbonyl (C=O) groups is 1. The van der Waals surface area contributed by atoms with Crippen LogP contribution in [-0.4, -0.2) is 55.2 Å². The van der Waals surface area contributed by atoms with Gasteiger partial charge in [-0.2, -0.15) is 0 Å². The van der Waals surface area contributed by atoms with Crippen molar-refractivity contribution in [2.75, 3.05) is 37.6 Å². The predicted molar refractivity (Wildman–Crippen MR) is 148 cm³/mol. The fourth-order valence-corrected chi connectivity index (χ4v) is 9.05. The molecule has 0 unspecified atom stereocenters. The van der Waals surface area contributed by atoms with Gasteiger partial charge in [0.2, 0.25) is 0 Å². The Morgan fingerprint density at radius 2 is 1.56 bits per heavy atom. The van der Waals surface area contributed by atoms with Gasteiger partial charge in [0, 0.05) is 37.8 Å². The molecule has 6 aliphatic rings. The number of rotatable bonds is 6. The molecule has 1 aromatic rings. The molecule has 36 heavy (non-hydrogen) atoms. The Hall–Kier alpha value is -1.17. The highest BCUT2D eigenvalue weighted by molar-refractivity contribution is 6.43. The molecule has 5 saturated carbocycles. The molecule has 7 heteroatoms. The number of nitrogens with one attached hydrogen (secondary N) is 2. The van der Waals surface area contributed by atoms with E-state index in [0.29, 0.717) is 16.1 Å². The van der Waals surface area contributed by atoms with Gasteiger partial charge in [-0.3, -0.25) is 4.90 Å². The molecule has 7 rings (SSSR count). The Morgan fingerprint density at radius 1 is 0.917 bits per heavy atom. The summed E-state index contributed by atoms with van der Waals surface area (Å²) in [6, 6.07) is 6.36. The summed E-state index contributed by atoms with van der Waals surface area (Å²) in [6.07, 6.45) is 13.9. The molecule has 0 radical (unpaired) electrons. The molecule has 0 atom stereocenters. The summed E-state index contributed by atoms with van der Waals surface area (Å²) in [5.74, 6) is 3.38. The zero-order valence-corrected chi connectivity index (χ0v) is 23.0. The van der Waals surface area contributed by atoms with Crippen LogP contribution in [0.4, 0.5) is 10.5 Å². The molecular formula is C29H42Cl2N4O. The van der Waals surface area contributed by atoms with Gasteiger partial charge in [0.25, 0.3) is 0 Å². The maximum Gasteiger partial charge on any atom is 0.315 e. The predicted octanol–water partition coefficient (Wildman–Crippen LogP) is 6.33. The van der Waals surface area contributed by atoms with Gasteiger partial charge in [-0.25, -0.2) is 4.79 Å². The minimum atomic E-state index is 0.109. The Morgan fingerprint density at radius 3 is 2.19 bits per heavy atom. The Labute approximate surface area is 226 Å². The third kappa shape index (κ3) is 5.49. The molecule has 1 aromatic carbocycles. The molecule has 5 nitrogen and oxygen atoms in total. The van der Waals surface area contributed by atoms with Crippen molar-refractivity contribution in [1.29, 1.82) is 0 Å². The van der Waals surface area contributed by atoms with Crippen LogP contribution in [0.15, 0.2) is 18.2 Å². The normalized spacial score (nSPS) is 36.2. The minimum Gasteiger partial charge on any atom is -0.368 e. The van der Waals surface area contributed by atoms with E-state index in [0.717, 1.165) is 68.4 Å². The summed E-state index contributed by atoms with van der Waals surface area (Å²) in [6.45, 7) is 5.31. The molecule has 6 fully saturated rings. The van der Waals surface area contributed by atoms with E-state index in [1.165, 1.54) is 64.3 Å². The third-order valence-corrected chi connectivity index (χ3v) is 10.9. The highest BCUT2D eigenvalue weighted by Crippen LogP contribution is 2.55. The van der Waals surface area contributed by atoms with E-state index in [4.69, 9.17) is 23.2 Å². The van der Waals surface area contributed by atoms with Crippen molar-refractivity contribution in [2.24, 2.45) is 23.7 Å². The first kappa shape index (κ1) is 25.1. The van der Waals surface area contributed by atoms with Crippen LogP contribution in [0.25, 0.3) is 0 Å². The molecule has 1 saturated heterocycles. The Balaban J connectivity index is 0.893. The summed E-state index contributed by atoms with van der Waals surface area (Å²) in [4.78, 5) is 17.9. The highest BCUT2D eigenvalue weighted by atomic mass is 35.5. The van der Waals surface area contributed by atoms with E-state index in [1.807, 2.05) is 12.1 Å². The lowest BCUT2D eigenvalue weighted by Gasteiger charge is -2.56. The quantitative estimate of drug-likeness (QED) is 0.449. The van der Waals surface area contributed by atoms with Crippen LogP contribution in [0.5, 0.6) is 0 Å². The summed E-state index contributed by atoms with van der Waals surface area (Å²) in [5.41, 5.74) is 1.17. The first-order chi connectivity index (χ1) is 17.4. The number of hydrogen-bond acceptors (Lipinski definition) is 3. The number of nitrogens with zero attached hydrogens (tertiary/aromatic N) is 2. The maximum atomic E-state index is 12.9. The standard InChI is InChI=1S/C29H42Cl2N4O/c30-25-2-1-3-26(27(25)31)35-12-10-34(11-13-35)9-8-20-4-6-24(7-5-20)32-28(36)33-29-17-21-14-22(18-29)16-23(15-21)19-29/h1-3,20-24H,4-19H2,(H2,32,33,36). The first-order valence-electron chi connectivity index (χ1n) is 14.4. The first-order valence-corrected chi connectivity index (χ1v) is 15.2. The topological polar surface area (TPSA) is 47.6 Å². The van der Waals surface area contributed by atoms with Gasteiger partial charge in [0.05, 0.1) is 15.7 Å². The number of hydrogen-bond donors (Lipinski definition) is 2. The summed E-state index contributed by atoms with van der Waals surface area (Å²) >= 11 is 12.6. The van der Waals surface area contributed by atoms with E-state index in [-0.39, 0.29) is 11.6 Å². The van der Waals surface area contributed by atoms with Crippen LogP contribution >= 0.6 is 23.2 Å². The number of benzene rings is 1. The van der Waals surface area contributed by atoms with Crippen LogP contribution in [0.3, 0.4) is 0 Å². The minimum absolute atomic E-state index is 0.109. The average molecular weight is 534 g/mol. The maximum absolute atomic E-state index is 12.9. The van der Waals surface area contributed by atoms with E-state index < -0.39 is 0 Å². The van der Waals surface area contributed by atoms with Crippen LogP contribution in [0.2, 0.25) is 10.0 Å². The summed E-state index contributed by atoms with van der Waals surface area (Å²) < 4.78 is 0. The molecular weight excluding hydrogens is 491 g/mol. The van der Waals surface area contributed by atoms with Gasteiger partial charge in [-0.05, 0) is 113 Å². The molecule has 4 bridgehead atoms. The van der Waals surface area contributed by atoms with Crippen molar-refractivity contribution in [3.05, 3.63) is 28.2 Å². The number of carbonyl (C=O) groups excluding carboxylic acids is 1. The molecule has 0 spiro atoms. The second-order valence-electron chi connectivity index (χ2n) is 12.7. The largest absolute Gasteiger partial charge is 0.368 e. The fourth-order valence-electron chi connectivity index (χ4n) is 8.64. The third-order valence-electron chi connectivity index (χ3n) is 10.1. The monoisotopic (exact) mass is 532 g/mol. The molecule has 198 valence electrons. The number of anilines is 1. The number of piperazine rings is 1. The number of urea groups is 1. The second kappa shape index (κ2) is 10.5. The van der Waals surface area contributed by atoms with Crippen LogP contribution in [0, 0.1) is 23.7 Å². The fraction of sp³-hybridized carbons (Fsp3) is 0.759. The SMILES string of the molecule is O=C(NC1CCC(CCN2CCN(c3cccc(Cl)c3Cl)CC2)CC1)NC12CC3CC(CC(C3)C1)C2. The molecule has 0 aromatic heterocycles. The lowest BCUT2D eigenvalue weighted by molar-refractivity contribution is -0.0137. The van der Waals surface area contributed by atoms with Gasteiger partial charge >= 0.3 is 6.03 Å². The molecule has 1 heterocycles. The smallest absolute Gasteiger partial charge is 0.315 e. The molecule has 2 amide bonds. The van der Waals surface area contributed by atoms with E-state index in [1.54, 1.807) is 0 Å². The lowest BCUT2D eigenvalue weighted by atomic mass is 9.53. The van der Waals surface area contributed by atoms with Gasteiger partial charge < -0.3 is 15.5 Å². The van der Waals surface area contributed by atoms with E-state index in [2.05, 4.69) is 26.5 Å². The van der Waals surface area contributed by atoms with Crippen molar-refractivity contribution in [1.82, 2.24) is 15.5 Å². The van der Waals surface area contributed by atoms with Crippen molar-refractivity contribution in [3.63, 3.8) is 0 Å². The van der Waals surface area contributed by atoms with E-state index >= 15 is 0 Å². The molecule has 1 aliphatic heterocycles. The van der Waals surface area contributed by atoms with Gasteiger partial charge in [0.15, 0.2) is 0 Å². The number of amides is 2. The second-order valence-corrected chi connectivity index (χ2v) is 13.5. The Bertz CT molecular complexity index is 904. The lowest BCUT2D eigenvalue weighted by Crippen LogP contribution is -2.62. The van der Waals surface area contributed by atoms with Gasteiger partial charge in [-0.1, -0.05) is 29.3 Å². The zero-order valence-electron chi connectivity index (χ0n) is 21.5. The number of halogens is 2. The van der Waals surface area contributed by atoms with Gasteiger partial charge in [0.1, 0.15) is 0 Å². The highest BCUT2D eigenvalue weighted by Gasteiger charge is 2.51. The van der Waals surface area contributed by atoms with Crippen LogP contribution in [-0.2, 0) is 0 Å². The van der Waals surface area contributed by atoms with Crippen LogP contribution < -0.4 is 15.5 Å². The summed E-state index contributed by atoms with van der Waals surface area (Å²) in [5, 5.41) is 8.16. The molecule has 2 N–H and O–H groups in total. The Kier molecular flexibility index (Phi) is 7.35. The van der Waals surface area contributed by atoms with Crippen LogP contribution in [0.1, 0.15) is 70.6 Å². The van der Waals surface area contributed by atoms with Crippen molar-refractivity contribution >= 4 is 34.9 Å².